The van der Waals surface area contributed by atoms with E-state index in [0.717, 1.165) is 28.0 Å². The van der Waals surface area contributed by atoms with Crippen LogP contribution in [0.5, 0.6) is 5.75 Å². The van der Waals surface area contributed by atoms with Gasteiger partial charge in [0.1, 0.15) is 30.5 Å². The summed E-state index contributed by atoms with van der Waals surface area (Å²) in [5.41, 5.74) is 3.78. The van der Waals surface area contributed by atoms with Crippen LogP contribution in [0.2, 0.25) is 0 Å². The highest BCUT2D eigenvalue weighted by Gasteiger charge is 2.27. The summed E-state index contributed by atoms with van der Waals surface area (Å²) >= 11 is 0. The van der Waals surface area contributed by atoms with Crippen molar-refractivity contribution in [1.29, 1.82) is 0 Å². The normalized spacial score (nSPS) is 11.7. The number of amides is 1. The highest BCUT2D eigenvalue weighted by Crippen LogP contribution is 2.17. The first-order chi connectivity index (χ1) is 19.8. The lowest BCUT2D eigenvalue weighted by Crippen LogP contribution is -2.46. The Kier molecular flexibility index (Phi) is 10.1. The van der Waals surface area contributed by atoms with Crippen molar-refractivity contribution in [3.63, 3.8) is 0 Å². The molecule has 0 unspecified atom stereocenters. The molecule has 0 aromatic heterocycles. The Morgan fingerprint density at radius 2 is 1.27 bits per heavy atom. The lowest BCUT2D eigenvalue weighted by Gasteiger charge is -2.24. The molecule has 0 radical (unpaired) electrons. The molecule has 41 heavy (non-hydrogen) atoms. The Bertz CT molecular complexity index is 1390. The Hall–Kier alpha value is -4.71. The Morgan fingerprint density at radius 1 is 0.732 bits per heavy atom. The molecule has 0 bridgehead atoms. The van der Waals surface area contributed by atoms with Crippen LogP contribution in [-0.4, -0.2) is 35.8 Å². The van der Waals surface area contributed by atoms with E-state index in [2.05, 4.69) is 10.3 Å². The van der Waals surface area contributed by atoms with E-state index in [1.807, 2.05) is 115 Å². The van der Waals surface area contributed by atoms with Gasteiger partial charge in [-0.3, -0.25) is 9.79 Å². The Morgan fingerprint density at radius 3 is 1.80 bits per heavy atom. The van der Waals surface area contributed by atoms with E-state index in [1.54, 1.807) is 20.8 Å². The molecule has 0 spiro atoms. The number of nitrogens with zero attached hydrogens (tertiary/aromatic N) is 1. The van der Waals surface area contributed by atoms with Gasteiger partial charge in [0.15, 0.2) is 0 Å². The van der Waals surface area contributed by atoms with Crippen LogP contribution in [0.25, 0.3) is 0 Å². The Balaban J connectivity index is 1.46. The highest BCUT2D eigenvalue weighted by atomic mass is 16.6. The van der Waals surface area contributed by atoms with Gasteiger partial charge < -0.3 is 14.8 Å². The van der Waals surface area contributed by atoms with Gasteiger partial charge in [0, 0.05) is 17.5 Å². The first-order valence-electron chi connectivity index (χ1n) is 13.7. The van der Waals surface area contributed by atoms with E-state index in [0.29, 0.717) is 12.3 Å². The van der Waals surface area contributed by atoms with Crippen LogP contribution in [0.4, 0.5) is 0 Å². The number of nitrogens with one attached hydrogen (secondary N) is 1. The van der Waals surface area contributed by atoms with Crippen molar-refractivity contribution in [2.24, 2.45) is 4.99 Å². The molecule has 6 heteroatoms. The predicted octanol–water partition coefficient (Wildman–Crippen LogP) is 6.17. The molecular formula is C35H36N2O4. The van der Waals surface area contributed by atoms with Crippen molar-refractivity contribution in [3.8, 4) is 5.75 Å². The van der Waals surface area contributed by atoms with Gasteiger partial charge in [-0.1, -0.05) is 103 Å². The topological polar surface area (TPSA) is 77.0 Å². The van der Waals surface area contributed by atoms with Crippen LogP contribution in [0.1, 0.15) is 43.0 Å². The van der Waals surface area contributed by atoms with Crippen LogP contribution >= 0.6 is 0 Å². The monoisotopic (exact) mass is 548 g/mol. The quantitative estimate of drug-likeness (QED) is 0.180. The fraction of sp³-hybridized carbons (Fsp3) is 0.229. The van der Waals surface area contributed by atoms with Gasteiger partial charge in [-0.2, -0.15) is 0 Å². The number of esters is 1. The maximum atomic E-state index is 13.1. The van der Waals surface area contributed by atoms with E-state index < -0.39 is 17.6 Å². The summed E-state index contributed by atoms with van der Waals surface area (Å²) < 4.78 is 11.5. The van der Waals surface area contributed by atoms with Gasteiger partial charge in [0.25, 0.3) is 0 Å². The molecule has 0 saturated heterocycles. The van der Waals surface area contributed by atoms with E-state index in [9.17, 15) is 9.59 Å². The zero-order valence-corrected chi connectivity index (χ0v) is 23.7. The third-order valence-electron chi connectivity index (χ3n) is 6.11. The number of carbonyl (C=O) groups is 2. The predicted molar refractivity (Wildman–Crippen MR) is 162 cm³/mol. The zero-order valence-electron chi connectivity index (χ0n) is 23.7. The molecular weight excluding hydrogens is 512 g/mol. The largest absolute Gasteiger partial charge is 0.489 e. The minimum atomic E-state index is -0.870. The minimum Gasteiger partial charge on any atom is -0.489 e. The fourth-order valence-electron chi connectivity index (χ4n) is 4.20. The highest BCUT2D eigenvalue weighted by molar-refractivity contribution is 6.13. The maximum Gasteiger partial charge on any atom is 0.329 e. The van der Waals surface area contributed by atoms with Crippen molar-refractivity contribution in [1.82, 2.24) is 5.32 Å². The second-order valence-corrected chi connectivity index (χ2v) is 10.7. The van der Waals surface area contributed by atoms with Gasteiger partial charge in [-0.25, -0.2) is 4.79 Å². The summed E-state index contributed by atoms with van der Waals surface area (Å²) in [6.07, 6.45) is 0.271. The second kappa shape index (κ2) is 14.1. The molecule has 1 amide bonds. The molecule has 210 valence electrons. The van der Waals surface area contributed by atoms with Crippen LogP contribution in [0.15, 0.2) is 120 Å². The SMILES string of the molecule is CC(C)(C)OC(=O)[C@H](Cc1ccc(OCc2ccccc2)cc1)NC(=O)CN=C(c1ccccc1)c1ccccc1. The minimum absolute atomic E-state index is 0.134. The molecule has 1 N–H and O–H groups in total. The summed E-state index contributed by atoms with van der Waals surface area (Å²) in [4.78, 5) is 30.9. The van der Waals surface area contributed by atoms with Crippen molar-refractivity contribution < 1.29 is 19.1 Å². The van der Waals surface area contributed by atoms with Crippen molar-refractivity contribution in [2.45, 2.75) is 45.4 Å². The number of rotatable bonds is 11. The van der Waals surface area contributed by atoms with E-state index >= 15 is 0 Å². The third-order valence-corrected chi connectivity index (χ3v) is 6.11. The summed E-state index contributed by atoms with van der Waals surface area (Å²) in [5, 5.41) is 2.86. The molecule has 0 saturated carbocycles. The molecule has 0 aliphatic heterocycles. The molecule has 4 aromatic carbocycles. The van der Waals surface area contributed by atoms with Crippen molar-refractivity contribution in [3.05, 3.63) is 138 Å². The standard InChI is InChI=1S/C35H36N2O4/c1-35(2,3)41-34(39)31(23-26-19-21-30(22-20-26)40-25-27-13-7-4-8-14-27)37-32(38)24-36-33(28-15-9-5-10-16-28)29-17-11-6-12-18-29/h4-22,31H,23-25H2,1-3H3,(H,37,38)/t31-/m0/s1. The number of ether oxygens (including phenoxy) is 2. The number of hydrogen-bond donors (Lipinski definition) is 1. The average molecular weight is 549 g/mol. The molecule has 0 heterocycles. The Labute approximate surface area is 242 Å². The lowest BCUT2D eigenvalue weighted by atomic mass is 10.0. The maximum absolute atomic E-state index is 13.1. The van der Waals surface area contributed by atoms with Crippen molar-refractivity contribution in [2.75, 3.05) is 6.54 Å². The van der Waals surface area contributed by atoms with E-state index in [1.165, 1.54) is 0 Å². The first-order valence-corrected chi connectivity index (χ1v) is 13.7. The zero-order chi connectivity index (χ0) is 29.1. The molecule has 1 atom stereocenters. The summed E-state index contributed by atoms with van der Waals surface area (Å²) in [5.74, 6) is -0.141. The summed E-state index contributed by atoms with van der Waals surface area (Å²) in [6, 6.07) is 36.0. The van der Waals surface area contributed by atoms with Gasteiger partial charge in [0.05, 0.1) is 5.71 Å². The average Bonchev–Trinajstić information content (AvgIpc) is 2.97. The van der Waals surface area contributed by atoms with Gasteiger partial charge >= 0.3 is 5.97 Å². The summed E-state index contributed by atoms with van der Waals surface area (Å²) in [6.45, 7) is 5.74. The molecule has 0 aliphatic rings. The number of benzene rings is 4. The third kappa shape index (κ3) is 9.46. The molecule has 4 rings (SSSR count). The van der Waals surface area contributed by atoms with Crippen LogP contribution < -0.4 is 10.1 Å². The van der Waals surface area contributed by atoms with E-state index in [-0.39, 0.29) is 18.9 Å². The summed E-state index contributed by atoms with van der Waals surface area (Å²) in [7, 11) is 0. The first kappa shape index (κ1) is 29.3. The fourth-order valence-corrected chi connectivity index (χ4v) is 4.20. The number of carbonyl (C=O) groups excluding carboxylic acids is 2. The molecule has 4 aromatic rings. The van der Waals surface area contributed by atoms with E-state index in [4.69, 9.17) is 9.47 Å². The van der Waals surface area contributed by atoms with Crippen LogP contribution in [0.3, 0.4) is 0 Å². The molecule has 0 aliphatic carbocycles. The molecule has 6 nitrogen and oxygen atoms in total. The van der Waals surface area contributed by atoms with Crippen LogP contribution in [0, 0.1) is 0 Å². The smallest absolute Gasteiger partial charge is 0.329 e. The van der Waals surface area contributed by atoms with Crippen LogP contribution in [-0.2, 0) is 27.4 Å². The number of aliphatic imine (C=N–C) groups is 1. The van der Waals surface area contributed by atoms with Crippen molar-refractivity contribution >= 4 is 17.6 Å². The second-order valence-electron chi connectivity index (χ2n) is 10.7. The number of hydrogen-bond acceptors (Lipinski definition) is 5. The van der Waals surface area contributed by atoms with Gasteiger partial charge in [-0.15, -0.1) is 0 Å². The lowest BCUT2D eigenvalue weighted by molar-refractivity contribution is -0.158. The van der Waals surface area contributed by atoms with Gasteiger partial charge in [0.2, 0.25) is 5.91 Å². The molecule has 0 fully saturated rings. The van der Waals surface area contributed by atoms with Gasteiger partial charge in [-0.05, 0) is 44.0 Å².